The van der Waals surface area contributed by atoms with E-state index in [2.05, 4.69) is 0 Å². The number of ether oxygens (including phenoxy) is 1. The maximum absolute atomic E-state index is 11.7. The van der Waals surface area contributed by atoms with E-state index in [1.807, 2.05) is 0 Å². The van der Waals surface area contributed by atoms with Crippen LogP contribution in [0.25, 0.3) is 0 Å². The van der Waals surface area contributed by atoms with Gasteiger partial charge < -0.3 is 9.84 Å². The number of aromatic carboxylic acids is 1. The van der Waals surface area contributed by atoms with Crippen LogP contribution >= 0.6 is 23.1 Å². The van der Waals surface area contributed by atoms with Crippen LogP contribution < -0.4 is 4.74 Å². The lowest BCUT2D eigenvalue weighted by Gasteiger charge is -2.07. The molecule has 0 unspecified atom stereocenters. The van der Waals surface area contributed by atoms with Crippen molar-refractivity contribution in [3.63, 3.8) is 0 Å². The predicted molar refractivity (Wildman–Crippen MR) is 55.3 cm³/mol. The molecule has 16 heavy (non-hydrogen) atoms. The van der Waals surface area contributed by atoms with Gasteiger partial charge in [0, 0.05) is 5.75 Å². The topological polar surface area (TPSA) is 46.5 Å². The van der Waals surface area contributed by atoms with Crippen molar-refractivity contribution >= 4 is 29.1 Å². The highest BCUT2D eigenvalue weighted by Crippen LogP contribution is 2.30. The van der Waals surface area contributed by atoms with Gasteiger partial charge in [0.25, 0.3) is 0 Å². The third kappa shape index (κ3) is 4.31. The van der Waals surface area contributed by atoms with Crippen LogP contribution in [0.4, 0.5) is 13.2 Å². The van der Waals surface area contributed by atoms with Crippen molar-refractivity contribution in [2.24, 2.45) is 0 Å². The van der Waals surface area contributed by atoms with Crippen molar-refractivity contribution in [3.05, 3.63) is 16.3 Å². The molecule has 0 aliphatic heterocycles. The van der Waals surface area contributed by atoms with Crippen molar-refractivity contribution in [1.29, 1.82) is 0 Å². The number of rotatable bonds is 5. The van der Waals surface area contributed by atoms with E-state index in [-0.39, 0.29) is 34.7 Å². The molecule has 0 aliphatic carbocycles. The molecule has 90 valence electrons. The molecule has 0 atom stereocenters. The summed E-state index contributed by atoms with van der Waals surface area (Å²) in [6.07, 6.45) is 0. The molecule has 1 heterocycles. The Labute approximate surface area is 97.2 Å². The summed E-state index contributed by atoms with van der Waals surface area (Å²) in [4.78, 5) is 10.6. The minimum absolute atomic E-state index is 0.00277. The van der Waals surface area contributed by atoms with Gasteiger partial charge in [-0.25, -0.2) is 4.79 Å². The van der Waals surface area contributed by atoms with Gasteiger partial charge in [-0.05, 0) is 23.2 Å². The third-order valence-corrected chi connectivity index (χ3v) is 3.01. The van der Waals surface area contributed by atoms with Crippen LogP contribution in [0, 0.1) is 0 Å². The lowest BCUT2D eigenvalue weighted by atomic mass is 10.4. The summed E-state index contributed by atoms with van der Waals surface area (Å²) >= 11 is 0.768. The maximum Gasteiger partial charge on any atom is 0.441 e. The normalized spacial score (nSPS) is 11.4. The van der Waals surface area contributed by atoms with E-state index in [1.54, 1.807) is 0 Å². The highest BCUT2D eigenvalue weighted by Gasteiger charge is 2.27. The van der Waals surface area contributed by atoms with Gasteiger partial charge in [-0.15, -0.1) is 11.3 Å². The smallest absolute Gasteiger partial charge is 0.441 e. The Hall–Kier alpha value is -0.890. The second kappa shape index (κ2) is 5.44. The fourth-order valence-corrected chi connectivity index (χ4v) is 1.95. The second-order valence-corrected chi connectivity index (χ2v) is 4.64. The van der Waals surface area contributed by atoms with Gasteiger partial charge in [0.05, 0.1) is 6.61 Å². The molecular weight excluding hydrogens is 265 g/mol. The van der Waals surface area contributed by atoms with Crippen LogP contribution in [0.15, 0.2) is 11.4 Å². The standard InChI is InChI=1S/C8H7F3O3S2/c9-8(10,11)16-4-2-14-5-1-3-15-6(5)7(12)13/h1,3H,2,4H2,(H,12,13). The van der Waals surface area contributed by atoms with E-state index in [1.165, 1.54) is 11.4 Å². The Morgan fingerprint density at radius 2 is 2.25 bits per heavy atom. The minimum Gasteiger partial charge on any atom is -0.491 e. The number of thiophene rings is 1. The summed E-state index contributed by atoms with van der Waals surface area (Å²) in [7, 11) is 0. The monoisotopic (exact) mass is 272 g/mol. The molecule has 8 heteroatoms. The van der Waals surface area contributed by atoms with Crippen LogP contribution in [0.5, 0.6) is 5.75 Å². The summed E-state index contributed by atoms with van der Waals surface area (Å²) < 4.78 is 40.2. The number of hydrogen-bond donors (Lipinski definition) is 1. The molecule has 3 nitrogen and oxygen atoms in total. The van der Waals surface area contributed by atoms with Gasteiger partial charge in [-0.1, -0.05) is 0 Å². The lowest BCUT2D eigenvalue weighted by Crippen LogP contribution is -2.08. The zero-order chi connectivity index (χ0) is 12.2. The largest absolute Gasteiger partial charge is 0.491 e. The fourth-order valence-electron chi connectivity index (χ4n) is 0.876. The Kier molecular flexibility index (Phi) is 4.48. The highest BCUT2D eigenvalue weighted by atomic mass is 32.2. The maximum atomic E-state index is 11.7. The van der Waals surface area contributed by atoms with Crippen LogP contribution in [-0.4, -0.2) is 28.9 Å². The minimum atomic E-state index is -4.28. The SMILES string of the molecule is O=C(O)c1sccc1OCCSC(F)(F)F. The van der Waals surface area contributed by atoms with Crippen molar-refractivity contribution in [2.45, 2.75) is 5.51 Å². The van der Waals surface area contributed by atoms with Gasteiger partial charge in [-0.2, -0.15) is 13.2 Å². The van der Waals surface area contributed by atoms with Crippen LogP contribution in [0.1, 0.15) is 9.67 Å². The quantitative estimate of drug-likeness (QED) is 0.837. The molecule has 1 aromatic rings. The average Bonchev–Trinajstić information content (AvgIpc) is 2.58. The highest BCUT2D eigenvalue weighted by molar-refractivity contribution is 8.00. The molecule has 0 saturated carbocycles. The molecule has 1 N–H and O–H groups in total. The number of alkyl halides is 3. The summed E-state index contributed by atoms with van der Waals surface area (Å²) in [5.74, 6) is -1.30. The van der Waals surface area contributed by atoms with Crippen molar-refractivity contribution in [2.75, 3.05) is 12.4 Å². The molecular formula is C8H7F3O3S2. The van der Waals surface area contributed by atoms with Gasteiger partial charge in [0.15, 0.2) is 4.88 Å². The van der Waals surface area contributed by atoms with Gasteiger partial charge in [-0.3, -0.25) is 0 Å². The molecule has 0 saturated heterocycles. The van der Waals surface area contributed by atoms with E-state index in [0.717, 1.165) is 11.3 Å². The fraction of sp³-hybridized carbons (Fsp3) is 0.375. The molecule has 0 radical (unpaired) electrons. The Morgan fingerprint density at radius 3 is 2.81 bits per heavy atom. The van der Waals surface area contributed by atoms with E-state index < -0.39 is 11.5 Å². The van der Waals surface area contributed by atoms with Crippen molar-refractivity contribution in [1.82, 2.24) is 0 Å². The summed E-state index contributed by atoms with van der Waals surface area (Å²) in [5, 5.41) is 10.2. The summed E-state index contributed by atoms with van der Waals surface area (Å²) in [5.41, 5.74) is -4.28. The van der Waals surface area contributed by atoms with E-state index in [9.17, 15) is 18.0 Å². The van der Waals surface area contributed by atoms with Crippen LogP contribution in [0.2, 0.25) is 0 Å². The molecule has 0 aliphatic rings. The van der Waals surface area contributed by atoms with Gasteiger partial charge in [0.1, 0.15) is 5.75 Å². The van der Waals surface area contributed by atoms with Crippen LogP contribution in [0.3, 0.4) is 0 Å². The van der Waals surface area contributed by atoms with Crippen LogP contribution in [-0.2, 0) is 0 Å². The molecule has 0 bridgehead atoms. The number of thioether (sulfide) groups is 1. The molecule has 0 spiro atoms. The van der Waals surface area contributed by atoms with E-state index in [0.29, 0.717) is 0 Å². The predicted octanol–water partition coefficient (Wildman–Crippen LogP) is 3.08. The average molecular weight is 272 g/mol. The van der Waals surface area contributed by atoms with E-state index in [4.69, 9.17) is 9.84 Å². The summed E-state index contributed by atoms with van der Waals surface area (Å²) in [6.45, 7) is -0.179. The zero-order valence-corrected chi connectivity index (χ0v) is 9.42. The molecule has 0 aromatic carbocycles. The number of carbonyl (C=O) groups is 1. The Bertz CT molecular complexity index is 362. The van der Waals surface area contributed by atoms with Gasteiger partial charge >= 0.3 is 11.5 Å². The lowest BCUT2D eigenvalue weighted by molar-refractivity contribution is -0.0329. The Morgan fingerprint density at radius 1 is 1.56 bits per heavy atom. The molecule has 0 fully saturated rings. The summed E-state index contributed by atoms with van der Waals surface area (Å²) in [6, 6.07) is 1.42. The number of carboxylic acids is 1. The number of halogens is 3. The molecule has 1 aromatic heterocycles. The first kappa shape index (κ1) is 13.2. The second-order valence-electron chi connectivity index (χ2n) is 2.56. The molecule has 0 amide bonds. The first-order valence-corrected chi connectivity index (χ1v) is 5.91. The van der Waals surface area contributed by atoms with Gasteiger partial charge in [0.2, 0.25) is 0 Å². The van der Waals surface area contributed by atoms with E-state index >= 15 is 0 Å². The zero-order valence-electron chi connectivity index (χ0n) is 7.78. The van der Waals surface area contributed by atoms with Crippen molar-refractivity contribution < 1.29 is 27.8 Å². The number of hydrogen-bond acceptors (Lipinski definition) is 4. The number of carboxylic acid groups (broad SMARTS) is 1. The Balaban J connectivity index is 2.38. The molecule has 1 rings (SSSR count). The first-order chi connectivity index (χ1) is 7.40. The van der Waals surface area contributed by atoms with Crippen molar-refractivity contribution in [3.8, 4) is 5.75 Å². The first-order valence-electron chi connectivity index (χ1n) is 4.04. The third-order valence-electron chi connectivity index (χ3n) is 1.43.